The maximum absolute atomic E-state index is 12.5. The second-order valence-electron chi connectivity index (χ2n) is 7.86. The number of carbonyl (C=O) groups is 1. The molecule has 1 amide bonds. The van der Waals surface area contributed by atoms with Gasteiger partial charge in [0.1, 0.15) is 0 Å². The molecule has 0 saturated heterocycles. The quantitative estimate of drug-likeness (QED) is 0.766. The number of aromatic nitrogens is 1. The molecule has 5 heteroatoms. The molecule has 4 nitrogen and oxygen atoms in total. The Balaban J connectivity index is 1.82. The Morgan fingerprint density at radius 1 is 1.41 bits per heavy atom. The molecule has 1 aliphatic heterocycles. The van der Waals surface area contributed by atoms with Crippen LogP contribution in [0.2, 0.25) is 0 Å². The average Bonchev–Trinajstić information content (AvgIpc) is 2.95. The number of fused-ring (bicyclic) bond motifs is 2. The van der Waals surface area contributed by atoms with Crippen molar-refractivity contribution in [2.45, 2.75) is 46.1 Å². The van der Waals surface area contributed by atoms with E-state index in [1.54, 1.807) is 0 Å². The molecule has 2 aromatic rings. The van der Waals surface area contributed by atoms with Crippen LogP contribution in [0.15, 0.2) is 24.3 Å². The van der Waals surface area contributed by atoms with Crippen molar-refractivity contribution in [3.8, 4) is 0 Å². The van der Waals surface area contributed by atoms with Crippen molar-refractivity contribution in [3.05, 3.63) is 41.1 Å². The van der Waals surface area contributed by atoms with Gasteiger partial charge >= 0.3 is 0 Å². The lowest BCUT2D eigenvalue weighted by atomic mass is 9.81. The maximum atomic E-state index is 12.5. The van der Waals surface area contributed by atoms with Gasteiger partial charge in [-0.25, -0.2) is 0 Å². The van der Waals surface area contributed by atoms with Crippen molar-refractivity contribution in [3.63, 3.8) is 0 Å². The van der Waals surface area contributed by atoms with Crippen molar-refractivity contribution in [2.24, 2.45) is 5.92 Å². The lowest BCUT2D eigenvalue weighted by Gasteiger charge is -2.39. The Morgan fingerprint density at radius 3 is 2.96 bits per heavy atom. The Hall–Kier alpha value is -1.72. The molecule has 1 aliphatic carbocycles. The molecule has 4 rings (SSSR count). The first kappa shape index (κ1) is 18.6. The van der Waals surface area contributed by atoms with Crippen LogP contribution < -0.4 is 5.43 Å². The summed E-state index contributed by atoms with van der Waals surface area (Å²) < 4.78 is 2.00. The number of thiol groups is 1. The smallest absolute Gasteiger partial charge is 0.242 e. The van der Waals surface area contributed by atoms with Crippen LogP contribution in [0.4, 0.5) is 0 Å². The first-order chi connectivity index (χ1) is 13.1. The zero-order valence-electron chi connectivity index (χ0n) is 16.5. The molecule has 0 saturated carbocycles. The van der Waals surface area contributed by atoms with E-state index < -0.39 is 0 Å². The molecule has 1 N–H and O–H groups in total. The Kier molecular flexibility index (Phi) is 5.08. The summed E-state index contributed by atoms with van der Waals surface area (Å²) in [5.74, 6) is 0.445. The van der Waals surface area contributed by atoms with Crippen LogP contribution in [0.5, 0.6) is 0 Å². The molecular weight excluding hydrogens is 354 g/mol. The van der Waals surface area contributed by atoms with Gasteiger partial charge in [0.05, 0.1) is 5.52 Å². The highest BCUT2D eigenvalue weighted by molar-refractivity contribution is 7.80. The van der Waals surface area contributed by atoms with Crippen LogP contribution in [0.25, 0.3) is 16.5 Å². The van der Waals surface area contributed by atoms with Gasteiger partial charge in [0.25, 0.3) is 0 Å². The minimum Gasteiger partial charge on any atom is -0.296 e. The molecule has 2 heterocycles. The Morgan fingerprint density at radius 2 is 2.22 bits per heavy atom. The van der Waals surface area contributed by atoms with Crippen LogP contribution >= 0.6 is 12.6 Å². The lowest BCUT2D eigenvalue weighted by Crippen LogP contribution is -2.42. The minimum absolute atomic E-state index is 0.0189. The number of hydrogen-bond donors (Lipinski definition) is 2. The van der Waals surface area contributed by atoms with E-state index in [4.69, 9.17) is 0 Å². The van der Waals surface area contributed by atoms with Crippen LogP contribution in [-0.4, -0.2) is 40.4 Å². The molecule has 1 aromatic heterocycles. The molecule has 1 unspecified atom stereocenters. The fourth-order valence-corrected chi connectivity index (χ4v) is 4.79. The summed E-state index contributed by atoms with van der Waals surface area (Å²) in [6, 6.07) is 6.95. The van der Waals surface area contributed by atoms with Crippen molar-refractivity contribution in [1.82, 2.24) is 9.58 Å². The predicted molar refractivity (Wildman–Crippen MR) is 116 cm³/mol. The fourth-order valence-electron chi connectivity index (χ4n) is 4.63. The molecule has 144 valence electrons. The first-order valence-corrected chi connectivity index (χ1v) is 10.7. The Bertz CT molecular complexity index is 914. The normalized spacial score (nSPS) is 20.3. The highest BCUT2D eigenvalue weighted by atomic mass is 32.1. The number of nitrogens with zero attached hydrogens (tertiary/aromatic N) is 2. The number of benzene rings is 1. The predicted octanol–water partition coefficient (Wildman–Crippen LogP) is 4.01. The van der Waals surface area contributed by atoms with Gasteiger partial charge in [-0.05, 0) is 55.5 Å². The fraction of sp³-hybridized carbons (Fsp3) is 0.500. The number of nitrogens with one attached hydrogen (secondary N) is 1. The van der Waals surface area contributed by atoms with Gasteiger partial charge in [0.15, 0.2) is 0 Å². The third-order valence-electron chi connectivity index (χ3n) is 6.10. The number of amides is 1. The van der Waals surface area contributed by atoms with Crippen molar-refractivity contribution in [1.29, 1.82) is 0 Å². The van der Waals surface area contributed by atoms with Crippen molar-refractivity contribution in [2.75, 3.05) is 24.3 Å². The summed E-state index contributed by atoms with van der Waals surface area (Å²) in [6.45, 7) is 8.58. The average molecular weight is 384 g/mol. The molecule has 0 bridgehead atoms. The molecule has 0 fully saturated rings. The highest BCUT2D eigenvalue weighted by Gasteiger charge is 2.34. The molecule has 27 heavy (non-hydrogen) atoms. The first-order valence-electron chi connectivity index (χ1n) is 10.1. The zero-order valence-corrected chi connectivity index (χ0v) is 17.4. The third kappa shape index (κ3) is 3.01. The summed E-state index contributed by atoms with van der Waals surface area (Å²) >= 11 is 4.27. The van der Waals surface area contributed by atoms with Crippen molar-refractivity contribution < 1.29 is 4.79 Å². The number of rotatable bonds is 5. The monoisotopic (exact) mass is 383 g/mol. The van der Waals surface area contributed by atoms with E-state index in [9.17, 15) is 4.79 Å². The van der Waals surface area contributed by atoms with E-state index in [0.717, 1.165) is 37.1 Å². The van der Waals surface area contributed by atoms with Crippen LogP contribution in [0.1, 0.15) is 43.5 Å². The van der Waals surface area contributed by atoms with Gasteiger partial charge in [-0.1, -0.05) is 32.1 Å². The molecule has 0 spiro atoms. The van der Waals surface area contributed by atoms with Gasteiger partial charge < -0.3 is 0 Å². The van der Waals surface area contributed by atoms with Gasteiger partial charge in [0, 0.05) is 35.3 Å². The molecular formula is C22H29N3OS. The van der Waals surface area contributed by atoms with Gasteiger partial charge in [0.2, 0.25) is 5.91 Å². The second kappa shape index (κ2) is 7.36. The van der Waals surface area contributed by atoms with Crippen LogP contribution in [0.3, 0.4) is 0 Å². The van der Waals surface area contributed by atoms with Crippen molar-refractivity contribution >= 4 is 35.0 Å². The second-order valence-corrected chi connectivity index (χ2v) is 8.23. The minimum atomic E-state index is -0.118. The third-order valence-corrected chi connectivity index (χ3v) is 6.65. The number of carbonyl (C=O) groups excluding carboxylic acids is 1. The van der Waals surface area contributed by atoms with Gasteiger partial charge in [-0.15, -0.1) is 0 Å². The van der Waals surface area contributed by atoms with E-state index in [1.807, 2.05) is 11.6 Å². The molecule has 0 radical (unpaired) electrons. The van der Waals surface area contributed by atoms with E-state index in [-0.39, 0.29) is 11.8 Å². The molecule has 2 aliphatic rings. The summed E-state index contributed by atoms with van der Waals surface area (Å²) in [7, 11) is 0. The molecule has 2 atom stereocenters. The zero-order chi connectivity index (χ0) is 19.1. The van der Waals surface area contributed by atoms with E-state index in [1.165, 1.54) is 28.5 Å². The SMILES string of the molecule is CCCN1CCC=C2c3cccc4c3c(c(C)n4NC(=O)C(C)CS)C[C@H]21. The van der Waals surface area contributed by atoms with E-state index >= 15 is 0 Å². The summed E-state index contributed by atoms with van der Waals surface area (Å²) in [5, 5.41) is 1.31. The maximum Gasteiger partial charge on any atom is 0.242 e. The largest absolute Gasteiger partial charge is 0.296 e. The van der Waals surface area contributed by atoms with Gasteiger partial charge in [-0.2, -0.15) is 12.6 Å². The topological polar surface area (TPSA) is 37.3 Å². The molecule has 1 aromatic carbocycles. The highest BCUT2D eigenvalue weighted by Crippen LogP contribution is 2.42. The Labute approximate surface area is 167 Å². The standard InChI is InChI=1S/C22H29N3OS/c1-4-10-24-11-6-8-16-17-7-5-9-19-21(17)18(12-20(16)24)15(3)25(19)23-22(26)14(2)13-27/h5,7-9,14,20,27H,4,6,10-13H2,1-3H3,(H,23,26)/t14?,20-/m1/s1. The summed E-state index contributed by atoms with van der Waals surface area (Å²) in [5.41, 5.74) is 9.58. The van der Waals surface area contributed by atoms with E-state index in [2.05, 4.69) is 61.1 Å². The number of hydrogen-bond acceptors (Lipinski definition) is 3. The van der Waals surface area contributed by atoms with Gasteiger partial charge in [-0.3, -0.25) is 19.8 Å². The van der Waals surface area contributed by atoms with Crippen LogP contribution in [0, 0.1) is 12.8 Å². The van der Waals surface area contributed by atoms with E-state index in [0.29, 0.717) is 11.8 Å². The summed E-state index contributed by atoms with van der Waals surface area (Å²) in [4.78, 5) is 15.2. The lowest BCUT2D eigenvalue weighted by molar-refractivity contribution is -0.119. The van der Waals surface area contributed by atoms with Crippen LogP contribution in [-0.2, 0) is 11.2 Å². The summed E-state index contributed by atoms with van der Waals surface area (Å²) in [6.07, 6.45) is 5.75.